The highest BCUT2D eigenvalue weighted by atomic mass is 19.1. The molecule has 3 aromatic rings. The molecule has 2 aliphatic rings. The Balaban J connectivity index is 1.42. The molecule has 194 valence electrons. The lowest BCUT2D eigenvalue weighted by Gasteiger charge is -2.35. The summed E-state index contributed by atoms with van der Waals surface area (Å²) in [6, 6.07) is 5.94. The van der Waals surface area contributed by atoms with Crippen LogP contribution in [0.2, 0.25) is 0 Å². The Bertz CT molecular complexity index is 1330. The summed E-state index contributed by atoms with van der Waals surface area (Å²) in [4.78, 5) is 29.5. The van der Waals surface area contributed by atoms with Crippen LogP contribution in [0.15, 0.2) is 30.3 Å². The van der Waals surface area contributed by atoms with Gasteiger partial charge in [0.2, 0.25) is 0 Å². The maximum Gasteiger partial charge on any atom is 0.409 e. The van der Waals surface area contributed by atoms with E-state index in [1.54, 1.807) is 0 Å². The predicted molar refractivity (Wildman–Crippen MR) is 128 cm³/mol. The summed E-state index contributed by atoms with van der Waals surface area (Å²) in [7, 11) is 1.32. The Labute approximate surface area is 211 Å². The van der Waals surface area contributed by atoms with Gasteiger partial charge in [-0.25, -0.2) is 32.9 Å². The third-order valence-electron chi connectivity index (χ3n) is 6.47. The molecule has 0 radical (unpaired) electrons. The molecule has 0 aliphatic carbocycles. The van der Waals surface area contributed by atoms with Gasteiger partial charge in [0, 0.05) is 45.0 Å². The third-order valence-corrected chi connectivity index (χ3v) is 6.47. The Morgan fingerprint density at radius 3 is 2.49 bits per heavy atom. The number of hydrogen-bond donors (Lipinski definition) is 1. The summed E-state index contributed by atoms with van der Waals surface area (Å²) in [6.45, 7) is 1.71. The van der Waals surface area contributed by atoms with Gasteiger partial charge in [-0.2, -0.15) is 0 Å². The molecule has 0 saturated carbocycles. The molecule has 0 unspecified atom stereocenters. The van der Waals surface area contributed by atoms with Gasteiger partial charge in [0.25, 0.3) is 0 Å². The van der Waals surface area contributed by atoms with Gasteiger partial charge in [0.05, 0.1) is 30.7 Å². The molecule has 2 aromatic heterocycles. The summed E-state index contributed by atoms with van der Waals surface area (Å²) in [5.74, 6) is -1.73. The second-order valence-electron chi connectivity index (χ2n) is 8.87. The van der Waals surface area contributed by atoms with Gasteiger partial charge in [0.1, 0.15) is 17.6 Å². The first-order chi connectivity index (χ1) is 17.8. The Morgan fingerprint density at radius 1 is 1.00 bits per heavy atom. The number of nitrogens with zero attached hydrogens (tertiary/aromatic N) is 5. The lowest BCUT2D eigenvalue weighted by atomic mass is 10.1. The second-order valence-corrected chi connectivity index (χ2v) is 8.87. The van der Waals surface area contributed by atoms with Crippen LogP contribution in [0.25, 0.3) is 11.4 Å². The van der Waals surface area contributed by atoms with E-state index in [0.29, 0.717) is 61.8 Å². The number of benzene rings is 1. The van der Waals surface area contributed by atoms with Gasteiger partial charge in [-0.05, 0) is 24.3 Å². The molecule has 37 heavy (non-hydrogen) atoms. The number of rotatable bonds is 4. The number of anilines is 2. The lowest BCUT2D eigenvalue weighted by Crippen LogP contribution is -2.40. The number of nitrogens with two attached hydrogens (primary N) is 1. The minimum absolute atomic E-state index is 0.00950. The zero-order chi connectivity index (χ0) is 26.1. The molecule has 2 N–H and O–H groups in total. The molecule has 9 nitrogen and oxygen atoms in total. The first kappa shape index (κ1) is 24.6. The molecule has 1 saturated heterocycles. The van der Waals surface area contributed by atoms with Gasteiger partial charge < -0.3 is 25.0 Å². The number of carbonyl (C=O) groups excluding carboxylic acids is 1. The second kappa shape index (κ2) is 10.1. The van der Waals surface area contributed by atoms with E-state index in [4.69, 9.17) is 25.2 Å². The van der Waals surface area contributed by atoms with E-state index in [1.165, 1.54) is 30.2 Å². The SMILES string of the molecule is COC(=O)N1CCc2nc(N3CCC(Oc4ccc(F)cc4F)CC3)c(-c3ccc(F)c(N)n3)nc2C1. The number of methoxy groups -OCH3 is 1. The normalized spacial score (nSPS) is 15.9. The molecule has 0 spiro atoms. The van der Waals surface area contributed by atoms with E-state index >= 15 is 0 Å². The smallest absolute Gasteiger partial charge is 0.409 e. The first-order valence-corrected chi connectivity index (χ1v) is 11.8. The monoisotopic (exact) mass is 514 g/mol. The van der Waals surface area contributed by atoms with Gasteiger partial charge in [0.15, 0.2) is 29.0 Å². The van der Waals surface area contributed by atoms with Crippen molar-refractivity contribution in [2.75, 3.05) is 37.4 Å². The fourth-order valence-electron chi connectivity index (χ4n) is 4.53. The maximum atomic E-state index is 14.0. The van der Waals surface area contributed by atoms with Crippen LogP contribution in [0, 0.1) is 17.5 Å². The van der Waals surface area contributed by atoms with Crippen molar-refractivity contribution in [3.8, 4) is 17.1 Å². The predicted octanol–water partition coefficient (Wildman–Crippen LogP) is 3.71. The highest BCUT2D eigenvalue weighted by Crippen LogP contribution is 2.33. The summed E-state index contributed by atoms with van der Waals surface area (Å²) in [6.07, 6.45) is 0.891. The first-order valence-electron chi connectivity index (χ1n) is 11.8. The van der Waals surface area contributed by atoms with Crippen LogP contribution >= 0.6 is 0 Å². The number of halogens is 3. The van der Waals surface area contributed by atoms with Gasteiger partial charge >= 0.3 is 6.09 Å². The van der Waals surface area contributed by atoms with Crippen LogP contribution in [-0.4, -0.2) is 58.8 Å². The van der Waals surface area contributed by atoms with Crippen molar-refractivity contribution in [3.05, 3.63) is 59.2 Å². The van der Waals surface area contributed by atoms with E-state index in [9.17, 15) is 18.0 Å². The summed E-state index contributed by atoms with van der Waals surface area (Å²) < 4.78 is 51.7. The Kier molecular flexibility index (Phi) is 6.72. The molecule has 1 fully saturated rings. The minimum atomic E-state index is -0.744. The molecule has 0 atom stereocenters. The van der Waals surface area contributed by atoms with Crippen LogP contribution in [-0.2, 0) is 17.7 Å². The fourth-order valence-corrected chi connectivity index (χ4v) is 4.53. The largest absolute Gasteiger partial charge is 0.487 e. The number of fused-ring (bicyclic) bond motifs is 1. The molecular weight excluding hydrogens is 489 g/mol. The van der Waals surface area contributed by atoms with Crippen LogP contribution in [0.3, 0.4) is 0 Å². The molecule has 2 aliphatic heterocycles. The highest BCUT2D eigenvalue weighted by Gasteiger charge is 2.30. The minimum Gasteiger partial charge on any atom is -0.487 e. The Hall–Kier alpha value is -4.09. The van der Waals surface area contributed by atoms with Crippen LogP contribution in [0.5, 0.6) is 5.75 Å². The maximum absolute atomic E-state index is 14.0. The number of amides is 1. The van der Waals surface area contributed by atoms with Crippen molar-refractivity contribution >= 4 is 17.7 Å². The molecule has 0 bridgehead atoms. The zero-order valence-electron chi connectivity index (χ0n) is 20.1. The number of carbonyl (C=O) groups is 1. The van der Waals surface area contributed by atoms with Crippen LogP contribution in [0.4, 0.5) is 29.6 Å². The fraction of sp³-hybridized carbons (Fsp3) is 0.360. The quantitative estimate of drug-likeness (QED) is 0.562. The van der Waals surface area contributed by atoms with Gasteiger partial charge in [-0.3, -0.25) is 0 Å². The number of hydrogen-bond acceptors (Lipinski definition) is 8. The molecule has 4 heterocycles. The van der Waals surface area contributed by atoms with E-state index in [2.05, 4.69) is 4.98 Å². The third kappa shape index (κ3) is 5.09. The highest BCUT2D eigenvalue weighted by molar-refractivity contribution is 5.72. The van der Waals surface area contributed by atoms with Crippen molar-refractivity contribution < 1.29 is 27.4 Å². The van der Waals surface area contributed by atoms with E-state index in [-0.39, 0.29) is 24.2 Å². The molecular formula is C25H25F3N6O3. The molecule has 5 rings (SSSR count). The number of piperidine rings is 1. The van der Waals surface area contributed by atoms with Gasteiger partial charge in [-0.1, -0.05) is 0 Å². The Morgan fingerprint density at radius 2 is 1.78 bits per heavy atom. The molecule has 1 amide bonds. The molecule has 1 aromatic carbocycles. The average molecular weight is 515 g/mol. The average Bonchev–Trinajstić information content (AvgIpc) is 2.90. The van der Waals surface area contributed by atoms with Gasteiger partial charge in [-0.15, -0.1) is 0 Å². The molecule has 12 heteroatoms. The van der Waals surface area contributed by atoms with Crippen molar-refractivity contribution in [1.82, 2.24) is 19.9 Å². The summed E-state index contributed by atoms with van der Waals surface area (Å²) in [5, 5.41) is 0. The van der Waals surface area contributed by atoms with Crippen molar-refractivity contribution in [2.24, 2.45) is 0 Å². The van der Waals surface area contributed by atoms with Crippen LogP contribution in [0.1, 0.15) is 24.2 Å². The number of nitrogen functional groups attached to an aromatic ring is 1. The van der Waals surface area contributed by atoms with E-state index < -0.39 is 23.5 Å². The zero-order valence-corrected chi connectivity index (χ0v) is 20.1. The van der Waals surface area contributed by atoms with Crippen molar-refractivity contribution in [1.29, 1.82) is 0 Å². The number of aromatic nitrogens is 3. The lowest BCUT2D eigenvalue weighted by molar-refractivity contribution is 0.117. The van der Waals surface area contributed by atoms with Crippen molar-refractivity contribution in [2.45, 2.75) is 31.9 Å². The van der Waals surface area contributed by atoms with E-state index in [1.807, 2.05) is 4.90 Å². The van der Waals surface area contributed by atoms with Crippen LogP contribution < -0.4 is 15.4 Å². The number of ether oxygens (including phenoxy) is 2. The van der Waals surface area contributed by atoms with Crippen molar-refractivity contribution in [3.63, 3.8) is 0 Å². The standard InChI is InChI=1S/C25H25F3N6O3/c1-36-25(35)34-11-8-18-20(13-34)30-22(19-4-3-16(27)23(29)31-19)24(32-18)33-9-6-15(7-10-33)37-21-5-2-14(26)12-17(21)28/h2-5,12,15H,6-11,13H2,1H3,(H2,29,31). The summed E-state index contributed by atoms with van der Waals surface area (Å²) in [5.41, 5.74) is 7.85. The topological polar surface area (TPSA) is 107 Å². The summed E-state index contributed by atoms with van der Waals surface area (Å²) >= 11 is 0. The van der Waals surface area contributed by atoms with E-state index in [0.717, 1.165) is 17.8 Å². The number of pyridine rings is 1.